The number of halogens is 6. The predicted molar refractivity (Wildman–Crippen MR) is 269 cm³/mol. The summed E-state index contributed by atoms with van der Waals surface area (Å²) in [5.41, 5.74) is -0.325. The Kier molecular flexibility index (Phi) is 15.4. The maximum atomic E-state index is 14.7. The minimum atomic E-state index is -4.77. The van der Waals surface area contributed by atoms with Gasteiger partial charge in [0, 0.05) is 50.3 Å². The van der Waals surface area contributed by atoms with E-state index in [0.29, 0.717) is 22.3 Å². The van der Waals surface area contributed by atoms with Crippen molar-refractivity contribution in [3.63, 3.8) is 0 Å². The van der Waals surface area contributed by atoms with Crippen LogP contribution in [-0.2, 0) is 38.6 Å². The molecule has 4 N–H and O–H groups in total. The number of anilines is 2. The molecule has 0 fully saturated rings. The highest BCUT2D eigenvalue weighted by Crippen LogP contribution is 2.42. The molecule has 6 amide bonds. The van der Waals surface area contributed by atoms with Crippen molar-refractivity contribution in [3.05, 3.63) is 183 Å². The zero-order valence-corrected chi connectivity index (χ0v) is 42.3. The van der Waals surface area contributed by atoms with Crippen LogP contribution in [0, 0.1) is 22.7 Å². The van der Waals surface area contributed by atoms with Gasteiger partial charge in [-0.25, -0.2) is 14.2 Å². The normalized spacial score (nSPS) is 18.2. The number of aromatic nitrogens is 1. The molecule has 79 heavy (non-hydrogen) atoms. The Hall–Kier alpha value is -8.62. The van der Waals surface area contributed by atoms with Gasteiger partial charge in [0.1, 0.15) is 12.8 Å². The first-order chi connectivity index (χ1) is 37.5. The lowest BCUT2D eigenvalue weighted by Crippen LogP contribution is -2.47. The third-order valence-corrected chi connectivity index (χ3v) is 14.7. The first kappa shape index (κ1) is 55.1. The lowest BCUT2D eigenvalue weighted by molar-refractivity contribution is -0.697. The molecular formula is C54H47F6N10O8S+. The average Bonchev–Trinajstić information content (AvgIpc) is 4.02. The summed E-state index contributed by atoms with van der Waals surface area (Å²) in [6.45, 7) is -0.558. The number of carbonyl (C=O) groups is 4. The van der Waals surface area contributed by atoms with Crippen LogP contribution in [0.5, 0.6) is 0 Å². The molecule has 25 heteroatoms. The summed E-state index contributed by atoms with van der Waals surface area (Å²) in [6.07, 6.45) is -7.61. The van der Waals surface area contributed by atoms with Crippen LogP contribution in [0.3, 0.4) is 0 Å². The van der Waals surface area contributed by atoms with Gasteiger partial charge in [-0.1, -0.05) is 36.4 Å². The third kappa shape index (κ3) is 11.8. The fourth-order valence-electron chi connectivity index (χ4n) is 10.0. The summed E-state index contributed by atoms with van der Waals surface area (Å²) < 4.78 is 117. The molecule has 18 nitrogen and oxygen atoms in total. The number of nitriles is 2. The minimum absolute atomic E-state index is 0.00583. The topological polar surface area (TPSA) is 235 Å². The number of pyridine rings is 1. The molecule has 0 aliphatic carbocycles. The van der Waals surface area contributed by atoms with Gasteiger partial charge in [-0.05, 0) is 78.2 Å². The van der Waals surface area contributed by atoms with Crippen LogP contribution in [0.1, 0.15) is 70.1 Å². The van der Waals surface area contributed by atoms with Crippen LogP contribution in [0.15, 0.2) is 144 Å². The smallest absolute Gasteiger partial charge is 0.374 e. The number of rotatable bonds is 17. The van der Waals surface area contributed by atoms with Crippen molar-refractivity contribution in [2.45, 2.75) is 50.1 Å². The largest absolute Gasteiger partial charge is 0.416 e. The Balaban J connectivity index is 0.992. The zero-order valence-electron chi connectivity index (χ0n) is 41.4. The fourth-order valence-corrected chi connectivity index (χ4v) is 10.5. The number of nitrogens with zero attached hydrogens (tertiary/aromatic N) is 8. The number of hydrogen-bond acceptors (Lipinski definition) is 10. The molecule has 0 radical (unpaired) electrons. The summed E-state index contributed by atoms with van der Waals surface area (Å²) in [6, 6.07) is 23.6. The van der Waals surface area contributed by atoms with Crippen LogP contribution < -0.4 is 25.0 Å². The maximum Gasteiger partial charge on any atom is 0.416 e. The van der Waals surface area contributed by atoms with Crippen LogP contribution >= 0.6 is 0 Å². The van der Waals surface area contributed by atoms with Crippen molar-refractivity contribution in [3.8, 4) is 12.1 Å². The van der Waals surface area contributed by atoms with Gasteiger partial charge in [0.2, 0.25) is 0 Å². The molecule has 0 bridgehead atoms. The molecule has 9 rings (SSSR count). The van der Waals surface area contributed by atoms with E-state index in [4.69, 9.17) is 0 Å². The monoisotopic (exact) mass is 1110 g/mol. The highest BCUT2D eigenvalue weighted by molar-refractivity contribution is 7.85. The highest BCUT2D eigenvalue weighted by Gasteiger charge is 2.47. The van der Waals surface area contributed by atoms with Crippen LogP contribution in [0.2, 0.25) is 0 Å². The number of aryl methyl sites for hydroxylation is 1. The van der Waals surface area contributed by atoms with Gasteiger partial charge in [0.05, 0.1) is 99.2 Å². The van der Waals surface area contributed by atoms with Gasteiger partial charge >= 0.3 is 24.4 Å². The predicted octanol–water partition coefficient (Wildman–Crippen LogP) is 6.85. The Bertz CT molecular complexity index is 3490. The van der Waals surface area contributed by atoms with E-state index in [1.165, 1.54) is 46.2 Å². The van der Waals surface area contributed by atoms with Crippen molar-refractivity contribution in [1.82, 2.24) is 25.3 Å². The lowest BCUT2D eigenvalue weighted by Gasteiger charge is -2.34. The second kappa shape index (κ2) is 22.0. The van der Waals surface area contributed by atoms with Gasteiger partial charge in [0.15, 0.2) is 12.4 Å². The second-order valence-electron chi connectivity index (χ2n) is 18.9. The molecule has 4 aromatic carbocycles. The number of carbonyl (C=O) groups excluding carboxylic acids is 4. The lowest BCUT2D eigenvalue weighted by atomic mass is 9.94. The Morgan fingerprint density at radius 1 is 0.658 bits per heavy atom. The summed E-state index contributed by atoms with van der Waals surface area (Å²) >= 11 is 0. The summed E-state index contributed by atoms with van der Waals surface area (Å²) in [5.74, 6) is -1.64. The van der Waals surface area contributed by atoms with Crippen molar-refractivity contribution >= 4 is 45.4 Å². The van der Waals surface area contributed by atoms with Crippen molar-refractivity contribution in [2.75, 3.05) is 54.8 Å². The van der Waals surface area contributed by atoms with E-state index in [1.807, 2.05) is 12.1 Å². The van der Waals surface area contributed by atoms with Gasteiger partial charge < -0.3 is 25.5 Å². The number of benzene rings is 4. The van der Waals surface area contributed by atoms with E-state index in [1.54, 1.807) is 58.3 Å². The number of urea groups is 2. The molecule has 5 heterocycles. The maximum absolute atomic E-state index is 14.7. The van der Waals surface area contributed by atoms with E-state index >= 15 is 0 Å². The minimum Gasteiger partial charge on any atom is -0.374 e. The number of hydrogen-bond donors (Lipinski definition) is 4. The van der Waals surface area contributed by atoms with E-state index < -0.39 is 81.5 Å². The summed E-state index contributed by atoms with van der Waals surface area (Å²) in [5, 5.41) is 36.5. The number of amides is 6. The molecule has 0 spiro atoms. The van der Waals surface area contributed by atoms with Gasteiger partial charge in [0.25, 0.3) is 21.9 Å². The molecule has 1 unspecified atom stereocenters. The molecule has 408 valence electrons. The van der Waals surface area contributed by atoms with Crippen molar-refractivity contribution < 1.29 is 68.2 Å². The van der Waals surface area contributed by atoms with Gasteiger partial charge in [-0.15, -0.1) is 0 Å². The standard InChI is InChI=1S/C54H46F6N10O8S/c55-53(56,57)38-5-1-7-40(27-38)69-42-31-67(49(72)44(42)46(63-51(69)74)35-13-9-33(29-61)10-14-35)21-3-20-66(48(71)37-17-22-65(23-18-37)19-4-26-79(76,77)78)24-25-68-32-43-45(50(68)73)47(36-15-11-34(30-62)12-16-36)64-52(75)70(43)41-8-2-6-39(28-41)54(58,59)60/h1-2,5-18,22-23,27-28,46-48,71H,3-4,19-21,24-26,31-32H2,(H2-,63,64,74,75,76,77,78)/p+1/t46-,47-,48?/m1/s1. The first-order valence-corrected chi connectivity index (χ1v) is 26.1. The van der Waals surface area contributed by atoms with Crippen molar-refractivity contribution in [2.24, 2.45) is 0 Å². The molecule has 4 aliphatic heterocycles. The fraction of sp³-hybridized carbons (Fsp3) is 0.278. The molecule has 4 aliphatic rings. The summed E-state index contributed by atoms with van der Waals surface area (Å²) in [7, 11) is -4.23. The molecule has 5 aromatic rings. The van der Waals surface area contributed by atoms with Gasteiger partial charge in [-0.2, -0.15) is 45.3 Å². The molecule has 0 saturated carbocycles. The SMILES string of the molecule is N#Cc1ccc([C@H]2NC(=O)N(c3cccc(C(F)(F)F)c3)C3=C2C(=O)N(CCCN(CCN2CC4=C(C2=O)[C@@H](c2ccc(C#N)cc2)NC(=O)N4c2cccc(C(F)(F)F)c2)C(O)c2cc[n+](CCCS(=O)(=O)O)cc2)C3)cc1. The number of alkyl halides is 6. The van der Waals surface area contributed by atoms with Crippen molar-refractivity contribution in [1.29, 1.82) is 10.5 Å². The van der Waals surface area contributed by atoms with Crippen LogP contribution in [-0.4, -0.2) is 102 Å². The number of nitrogens with one attached hydrogen (secondary N) is 2. The van der Waals surface area contributed by atoms with E-state index in [0.717, 1.165) is 46.2 Å². The molecule has 3 atom stereocenters. The number of aliphatic hydroxyl groups excluding tert-OH is 1. The van der Waals surface area contributed by atoms with E-state index in [2.05, 4.69) is 10.6 Å². The highest BCUT2D eigenvalue weighted by atomic mass is 32.2. The number of aliphatic hydroxyl groups is 1. The Morgan fingerprint density at radius 3 is 1.54 bits per heavy atom. The molecule has 1 aromatic heterocycles. The average molecular weight is 1110 g/mol. The zero-order chi connectivity index (χ0) is 56.6. The van der Waals surface area contributed by atoms with E-state index in [-0.39, 0.29) is 98.1 Å². The molecule has 0 saturated heterocycles. The Labute approximate surface area is 448 Å². The van der Waals surface area contributed by atoms with E-state index in [9.17, 15) is 74.1 Å². The Morgan fingerprint density at radius 2 is 1.11 bits per heavy atom. The first-order valence-electron chi connectivity index (χ1n) is 24.5. The summed E-state index contributed by atoms with van der Waals surface area (Å²) in [4.78, 5) is 63.6. The second-order valence-corrected chi connectivity index (χ2v) is 20.5. The van der Waals surface area contributed by atoms with Gasteiger partial charge in [-0.3, -0.25) is 28.8 Å². The van der Waals surface area contributed by atoms with Crippen LogP contribution in [0.4, 0.5) is 47.3 Å². The molecular weight excluding hydrogens is 1060 g/mol. The third-order valence-electron chi connectivity index (χ3n) is 13.9. The van der Waals surface area contributed by atoms with Crippen LogP contribution in [0.25, 0.3) is 0 Å². The quantitative estimate of drug-likeness (QED) is 0.0325.